The highest BCUT2D eigenvalue weighted by molar-refractivity contribution is 5.46. The van der Waals surface area contributed by atoms with Gasteiger partial charge in [-0.15, -0.1) is 6.58 Å². The van der Waals surface area contributed by atoms with Gasteiger partial charge in [-0.3, -0.25) is 0 Å². The van der Waals surface area contributed by atoms with Gasteiger partial charge < -0.3 is 4.74 Å². The zero-order valence-electron chi connectivity index (χ0n) is 13.0. The molecule has 0 spiro atoms. The molecule has 0 saturated carbocycles. The molecule has 0 atom stereocenters. The average Bonchev–Trinajstić information content (AvgIpc) is 2.53. The quantitative estimate of drug-likeness (QED) is 0.260. The van der Waals surface area contributed by atoms with E-state index in [0.717, 1.165) is 24.8 Å². The van der Waals surface area contributed by atoms with Crippen LogP contribution in [0.25, 0.3) is 0 Å². The van der Waals surface area contributed by atoms with E-state index >= 15 is 0 Å². The molecule has 120 valence electrons. The molecule has 0 heterocycles. The van der Waals surface area contributed by atoms with Crippen LogP contribution in [0.5, 0.6) is 5.75 Å². The Morgan fingerprint density at radius 2 is 1.91 bits per heavy atom. The number of rotatable bonds is 8. The van der Waals surface area contributed by atoms with Crippen molar-refractivity contribution in [2.24, 2.45) is 0 Å². The fourth-order valence-corrected chi connectivity index (χ4v) is 1.82. The van der Waals surface area contributed by atoms with Gasteiger partial charge in [0.05, 0.1) is 0 Å². The Bertz CT molecular complexity index is 628. The molecule has 0 amide bonds. The third-order valence-corrected chi connectivity index (χ3v) is 2.94. The lowest BCUT2D eigenvalue weighted by Gasteiger charge is -2.03. The van der Waals surface area contributed by atoms with Crippen molar-refractivity contribution < 1.29 is 13.5 Å². The summed E-state index contributed by atoms with van der Waals surface area (Å²) in [5.74, 6) is 5.98. The van der Waals surface area contributed by atoms with Crippen molar-refractivity contribution in [2.75, 3.05) is 0 Å². The van der Waals surface area contributed by atoms with Gasteiger partial charge in [-0.25, -0.2) is 0 Å². The first-order chi connectivity index (χ1) is 11.0. The summed E-state index contributed by atoms with van der Waals surface area (Å²) in [4.78, 5) is 0. The molecule has 1 nitrogen and oxygen atoms in total. The maximum absolute atomic E-state index is 12.1. The second kappa shape index (κ2) is 10.2. The largest absolute Gasteiger partial charge is 0.435 e. The van der Waals surface area contributed by atoms with Crippen LogP contribution in [0.1, 0.15) is 24.8 Å². The second-order valence-corrected chi connectivity index (χ2v) is 4.78. The van der Waals surface area contributed by atoms with Crippen LogP contribution in [-0.2, 0) is 0 Å². The molecule has 0 saturated heterocycles. The molecule has 1 aromatic carbocycles. The van der Waals surface area contributed by atoms with Crippen molar-refractivity contribution in [3.05, 3.63) is 78.9 Å². The van der Waals surface area contributed by atoms with E-state index in [0.29, 0.717) is 11.1 Å². The number of ether oxygens (including phenoxy) is 1. The van der Waals surface area contributed by atoms with E-state index < -0.39 is 6.61 Å². The number of allylic oxidation sites excluding steroid dienone is 5. The Hall–Kier alpha value is -2.60. The molecule has 0 aromatic heterocycles. The monoisotopic (exact) mass is 314 g/mol. The van der Waals surface area contributed by atoms with Gasteiger partial charge in [0.25, 0.3) is 0 Å². The standard InChI is InChI=1S/C20H20F2O/c1-4-6-7-8-17(5-2)15-16(3)9-10-18-11-13-19(14-12-18)23-20(21)22/h4-5,11-15,20H,1-3,6-8H2/b17-15+. The van der Waals surface area contributed by atoms with E-state index in [4.69, 9.17) is 0 Å². The molecule has 23 heavy (non-hydrogen) atoms. The van der Waals surface area contributed by atoms with Gasteiger partial charge in [-0.1, -0.05) is 37.2 Å². The van der Waals surface area contributed by atoms with Gasteiger partial charge >= 0.3 is 6.61 Å². The van der Waals surface area contributed by atoms with Crippen LogP contribution in [0.3, 0.4) is 0 Å². The first-order valence-corrected chi connectivity index (χ1v) is 7.25. The highest BCUT2D eigenvalue weighted by atomic mass is 19.3. The van der Waals surface area contributed by atoms with Crippen LogP contribution in [-0.4, -0.2) is 6.61 Å². The lowest BCUT2D eigenvalue weighted by atomic mass is 10.1. The van der Waals surface area contributed by atoms with Gasteiger partial charge in [0.15, 0.2) is 0 Å². The maximum Gasteiger partial charge on any atom is 0.387 e. The predicted octanol–water partition coefficient (Wildman–Crippen LogP) is 5.66. The Labute approximate surface area is 136 Å². The van der Waals surface area contributed by atoms with Gasteiger partial charge in [-0.05, 0) is 55.2 Å². The maximum atomic E-state index is 12.1. The molecule has 0 radical (unpaired) electrons. The number of hydrogen-bond acceptors (Lipinski definition) is 1. The molecule has 0 aliphatic heterocycles. The molecular weight excluding hydrogens is 294 g/mol. The molecule has 0 N–H and O–H groups in total. The van der Waals surface area contributed by atoms with Crippen molar-refractivity contribution in [3.8, 4) is 17.6 Å². The third kappa shape index (κ3) is 7.82. The summed E-state index contributed by atoms with van der Waals surface area (Å²) in [5, 5.41) is 0. The number of alkyl halides is 2. The molecule has 1 rings (SSSR count). The van der Waals surface area contributed by atoms with Crippen molar-refractivity contribution in [2.45, 2.75) is 25.9 Å². The molecule has 1 aromatic rings. The summed E-state index contributed by atoms with van der Waals surface area (Å²) < 4.78 is 28.4. The van der Waals surface area contributed by atoms with Gasteiger partial charge in [0.1, 0.15) is 5.75 Å². The van der Waals surface area contributed by atoms with Crippen LogP contribution >= 0.6 is 0 Å². The van der Waals surface area contributed by atoms with Crippen LogP contribution in [0, 0.1) is 11.8 Å². The van der Waals surface area contributed by atoms with Crippen LogP contribution in [0.2, 0.25) is 0 Å². The minimum Gasteiger partial charge on any atom is -0.435 e. The zero-order chi connectivity index (χ0) is 17.1. The highest BCUT2D eigenvalue weighted by Gasteiger charge is 2.02. The minimum atomic E-state index is -2.82. The summed E-state index contributed by atoms with van der Waals surface area (Å²) in [7, 11) is 0. The van der Waals surface area contributed by atoms with Crippen molar-refractivity contribution in [3.63, 3.8) is 0 Å². The number of unbranched alkanes of at least 4 members (excludes halogenated alkanes) is 1. The Morgan fingerprint density at radius 3 is 2.48 bits per heavy atom. The second-order valence-electron chi connectivity index (χ2n) is 4.78. The lowest BCUT2D eigenvalue weighted by Crippen LogP contribution is -2.01. The van der Waals surface area contributed by atoms with Crippen molar-refractivity contribution >= 4 is 0 Å². The van der Waals surface area contributed by atoms with E-state index in [1.807, 2.05) is 12.2 Å². The fraction of sp³-hybridized carbons (Fsp3) is 0.200. The van der Waals surface area contributed by atoms with Gasteiger partial charge in [-0.2, -0.15) is 8.78 Å². The Kier molecular flexibility index (Phi) is 8.17. The SMILES string of the molecule is C=CCCC/C(C=C)=C/C(=C)C#Cc1ccc(OC(F)F)cc1. The summed E-state index contributed by atoms with van der Waals surface area (Å²) in [5.41, 5.74) is 2.45. The molecule has 0 unspecified atom stereocenters. The zero-order valence-corrected chi connectivity index (χ0v) is 13.0. The first-order valence-electron chi connectivity index (χ1n) is 7.25. The Balaban J connectivity index is 2.68. The molecule has 3 heteroatoms. The van der Waals surface area contributed by atoms with E-state index in [-0.39, 0.29) is 5.75 Å². The highest BCUT2D eigenvalue weighted by Crippen LogP contribution is 2.15. The van der Waals surface area contributed by atoms with Crippen LogP contribution < -0.4 is 4.74 Å². The van der Waals surface area contributed by atoms with E-state index in [9.17, 15) is 8.78 Å². The summed E-state index contributed by atoms with van der Waals surface area (Å²) in [6.45, 7) is 8.56. The summed E-state index contributed by atoms with van der Waals surface area (Å²) >= 11 is 0. The number of benzene rings is 1. The predicted molar refractivity (Wildman–Crippen MR) is 91.4 cm³/mol. The minimum absolute atomic E-state index is 0.112. The molecular formula is C20H20F2O. The number of halogens is 2. The average molecular weight is 314 g/mol. The Morgan fingerprint density at radius 1 is 1.22 bits per heavy atom. The third-order valence-electron chi connectivity index (χ3n) is 2.94. The first kappa shape index (κ1) is 18.4. The van der Waals surface area contributed by atoms with Crippen LogP contribution in [0.4, 0.5) is 8.78 Å². The molecule has 0 fully saturated rings. The fourth-order valence-electron chi connectivity index (χ4n) is 1.82. The molecule has 0 aliphatic carbocycles. The summed E-state index contributed by atoms with van der Waals surface area (Å²) in [6.07, 6.45) is 8.44. The molecule has 0 bridgehead atoms. The van der Waals surface area contributed by atoms with Crippen LogP contribution in [0.15, 0.2) is 73.4 Å². The summed E-state index contributed by atoms with van der Waals surface area (Å²) in [6, 6.07) is 6.17. The smallest absolute Gasteiger partial charge is 0.387 e. The van der Waals surface area contributed by atoms with E-state index in [1.165, 1.54) is 12.1 Å². The van der Waals surface area contributed by atoms with Crippen molar-refractivity contribution in [1.29, 1.82) is 0 Å². The normalized spacial score (nSPS) is 10.7. The number of hydrogen-bond donors (Lipinski definition) is 0. The van der Waals surface area contributed by atoms with Gasteiger partial charge in [0.2, 0.25) is 0 Å². The van der Waals surface area contributed by atoms with E-state index in [2.05, 4.69) is 36.3 Å². The topological polar surface area (TPSA) is 9.23 Å². The van der Waals surface area contributed by atoms with E-state index in [1.54, 1.807) is 18.2 Å². The van der Waals surface area contributed by atoms with Gasteiger partial charge in [0, 0.05) is 11.1 Å². The lowest BCUT2D eigenvalue weighted by molar-refractivity contribution is -0.0498. The van der Waals surface area contributed by atoms with Crippen molar-refractivity contribution in [1.82, 2.24) is 0 Å². The molecule has 0 aliphatic rings.